The monoisotopic (exact) mass is 248 g/mol. The van der Waals surface area contributed by atoms with Crippen molar-refractivity contribution in [2.45, 2.75) is 6.92 Å². The van der Waals surface area contributed by atoms with Crippen LogP contribution in [-0.4, -0.2) is 22.1 Å². The lowest BCUT2D eigenvalue weighted by Gasteiger charge is -2.06. The molecule has 2 rings (SSSR count). The number of esters is 1. The summed E-state index contributed by atoms with van der Waals surface area (Å²) in [6.45, 7) is 1.84. The van der Waals surface area contributed by atoms with Gasteiger partial charge in [-0.15, -0.1) is 0 Å². The van der Waals surface area contributed by atoms with Crippen molar-refractivity contribution in [1.82, 2.24) is 9.55 Å². The molecule has 0 saturated carbocycles. The number of ether oxygens (including phenoxy) is 1. The van der Waals surface area contributed by atoms with E-state index in [0.717, 1.165) is 0 Å². The van der Waals surface area contributed by atoms with E-state index < -0.39 is 11.4 Å². The van der Waals surface area contributed by atoms with E-state index in [0.29, 0.717) is 5.52 Å². The fourth-order valence-electron chi connectivity index (χ4n) is 1.73. The number of aromatic amines is 1. The first-order valence-corrected chi connectivity index (χ1v) is 5.44. The molecule has 6 nitrogen and oxygen atoms in total. The maximum absolute atomic E-state index is 12.1. The summed E-state index contributed by atoms with van der Waals surface area (Å²) in [4.78, 5) is 38.0. The van der Waals surface area contributed by atoms with Crippen molar-refractivity contribution >= 4 is 17.0 Å². The zero-order valence-corrected chi connectivity index (χ0v) is 10.0. The van der Waals surface area contributed by atoms with Crippen molar-refractivity contribution in [3.63, 3.8) is 0 Å². The summed E-state index contributed by atoms with van der Waals surface area (Å²) in [6, 6.07) is 2.86. The van der Waals surface area contributed by atoms with Crippen LogP contribution in [0.2, 0.25) is 0 Å². The van der Waals surface area contributed by atoms with Gasteiger partial charge in [-0.2, -0.15) is 0 Å². The standard InChI is InChI=1S/C12H12N2O4/c1-3-18-12(17)7-6-13-8-4-5-9(15)14(2)10(8)11(7)16/h4-6H,3H2,1-2H3,(H,13,16). The highest BCUT2D eigenvalue weighted by Gasteiger charge is 2.15. The minimum atomic E-state index is -0.697. The third kappa shape index (κ3) is 1.81. The Morgan fingerprint density at radius 1 is 1.39 bits per heavy atom. The van der Waals surface area contributed by atoms with Gasteiger partial charge in [-0.1, -0.05) is 0 Å². The third-order valence-electron chi connectivity index (χ3n) is 2.64. The predicted molar refractivity (Wildman–Crippen MR) is 65.8 cm³/mol. The molecule has 18 heavy (non-hydrogen) atoms. The Hall–Kier alpha value is -2.37. The van der Waals surface area contributed by atoms with Crippen LogP contribution in [0.1, 0.15) is 17.3 Å². The largest absolute Gasteiger partial charge is 0.462 e. The Bertz CT molecular complexity index is 727. The van der Waals surface area contributed by atoms with Crippen LogP contribution in [0.4, 0.5) is 0 Å². The van der Waals surface area contributed by atoms with Gasteiger partial charge < -0.3 is 14.3 Å². The number of aromatic nitrogens is 2. The Morgan fingerprint density at radius 2 is 2.11 bits per heavy atom. The van der Waals surface area contributed by atoms with Gasteiger partial charge in [0, 0.05) is 19.3 Å². The van der Waals surface area contributed by atoms with Gasteiger partial charge in [-0.25, -0.2) is 4.79 Å². The van der Waals surface area contributed by atoms with Gasteiger partial charge in [-0.3, -0.25) is 9.59 Å². The van der Waals surface area contributed by atoms with Gasteiger partial charge in [-0.05, 0) is 13.0 Å². The van der Waals surface area contributed by atoms with E-state index in [1.165, 1.54) is 29.9 Å². The van der Waals surface area contributed by atoms with Crippen LogP contribution < -0.4 is 11.0 Å². The molecule has 0 spiro atoms. The molecule has 2 aromatic rings. The zero-order valence-electron chi connectivity index (χ0n) is 10.0. The molecule has 0 atom stereocenters. The molecule has 0 radical (unpaired) electrons. The topological polar surface area (TPSA) is 81.2 Å². The summed E-state index contributed by atoms with van der Waals surface area (Å²) in [5.74, 6) is -0.697. The highest BCUT2D eigenvalue weighted by molar-refractivity contribution is 5.92. The number of hydrogen-bond donors (Lipinski definition) is 1. The summed E-state index contributed by atoms with van der Waals surface area (Å²) < 4.78 is 5.99. The van der Waals surface area contributed by atoms with Gasteiger partial charge in [0.05, 0.1) is 12.1 Å². The summed E-state index contributed by atoms with van der Waals surface area (Å²) in [6.07, 6.45) is 1.30. The number of fused-ring (bicyclic) bond motifs is 1. The first-order valence-electron chi connectivity index (χ1n) is 5.44. The maximum Gasteiger partial charge on any atom is 0.343 e. The number of nitrogens with one attached hydrogen (secondary N) is 1. The zero-order chi connectivity index (χ0) is 13.3. The normalized spacial score (nSPS) is 10.6. The lowest BCUT2D eigenvalue weighted by molar-refractivity contribution is 0.0524. The van der Waals surface area contributed by atoms with Crippen LogP contribution in [0.5, 0.6) is 0 Å². The van der Waals surface area contributed by atoms with E-state index in [1.807, 2.05) is 0 Å². The Balaban J connectivity index is 2.78. The van der Waals surface area contributed by atoms with E-state index in [2.05, 4.69) is 4.98 Å². The summed E-state index contributed by atoms with van der Waals surface area (Å²) in [5, 5.41) is 0. The maximum atomic E-state index is 12.1. The minimum Gasteiger partial charge on any atom is -0.462 e. The number of aryl methyl sites for hydroxylation is 1. The van der Waals surface area contributed by atoms with Crippen molar-refractivity contribution in [3.8, 4) is 0 Å². The van der Waals surface area contributed by atoms with Gasteiger partial charge in [0.25, 0.3) is 5.56 Å². The molecular weight excluding hydrogens is 236 g/mol. The highest BCUT2D eigenvalue weighted by atomic mass is 16.5. The van der Waals surface area contributed by atoms with E-state index in [-0.39, 0.29) is 23.2 Å². The molecule has 0 saturated heterocycles. The Labute approximate surface area is 102 Å². The fourth-order valence-corrected chi connectivity index (χ4v) is 1.73. The van der Waals surface area contributed by atoms with Crippen molar-refractivity contribution in [1.29, 1.82) is 0 Å². The van der Waals surface area contributed by atoms with Crippen molar-refractivity contribution < 1.29 is 9.53 Å². The lowest BCUT2D eigenvalue weighted by Crippen LogP contribution is -2.25. The Kier molecular flexibility index (Phi) is 3.01. The van der Waals surface area contributed by atoms with Crippen LogP contribution >= 0.6 is 0 Å². The fraction of sp³-hybridized carbons (Fsp3) is 0.250. The van der Waals surface area contributed by atoms with E-state index >= 15 is 0 Å². The number of carbonyl (C=O) groups excluding carboxylic acids is 1. The van der Waals surface area contributed by atoms with Crippen LogP contribution in [0, 0.1) is 0 Å². The molecule has 94 valence electrons. The van der Waals surface area contributed by atoms with Crippen molar-refractivity contribution in [2.24, 2.45) is 7.05 Å². The number of pyridine rings is 2. The molecule has 0 aliphatic rings. The molecule has 2 heterocycles. The smallest absolute Gasteiger partial charge is 0.343 e. The molecule has 1 N–H and O–H groups in total. The number of hydrogen-bond acceptors (Lipinski definition) is 4. The first-order chi connectivity index (χ1) is 8.56. The van der Waals surface area contributed by atoms with Crippen LogP contribution in [0.15, 0.2) is 27.9 Å². The van der Waals surface area contributed by atoms with E-state index in [1.54, 1.807) is 6.92 Å². The number of carbonyl (C=O) groups is 1. The van der Waals surface area contributed by atoms with Crippen LogP contribution in [0.25, 0.3) is 11.0 Å². The molecule has 0 aromatic carbocycles. The average Bonchev–Trinajstić information content (AvgIpc) is 2.34. The number of H-pyrrole nitrogens is 1. The molecular formula is C12H12N2O4. The second-order valence-corrected chi connectivity index (χ2v) is 3.74. The lowest BCUT2D eigenvalue weighted by atomic mass is 10.2. The Morgan fingerprint density at radius 3 is 2.78 bits per heavy atom. The second kappa shape index (κ2) is 4.48. The molecule has 6 heteroatoms. The summed E-state index contributed by atoms with van der Waals surface area (Å²) in [7, 11) is 1.48. The molecule has 0 bridgehead atoms. The van der Waals surface area contributed by atoms with Crippen LogP contribution in [0.3, 0.4) is 0 Å². The predicted octanol–water partition coefficient (Wildman–Crippen LogP) is 0.404. The van der Waals surface area contributed by atoms with Gasteiger partial charge in [0.2, 0.25) is 5.43 Å². The molecule has 2 aromatic heterocycles. The number of rotatable bonds is 2. The summed E-state index contributed by atoms with van der Waals surface area (Å²) >= 11 is 0. The SMILES string of the molecule is CCOC(=O)c1c[nH]c2ccc(=O)n(C)c2c1=O. The molecule has 0 aliphatic carbocycles. The first kappa shape index (κ1) is 12.1. The van der Waals surface area contributed by atoms with E-state index in [9.17, 15) is 14.4 Å². The third-order valence-corrected chi connectivity index (χ3v) is 2.64. The molecule has 0 fully saturated rings. The van der Waals surface area contributed by atoms with Crippen LogP contribution in [-0.2, 0) is 11.8 Å². The minimum absolute atomic E-state index is 0.106. The van der Waals surface area contributed by atoms with Gasteiger partial charge in [0.1, 0.15) is 11.1 Å². The van der Waals surface area contributed by atoms with Crippen molar-refractivity contribution in [3.05, 3.63) is 44.5 Å². The van der Waals surface area contributed by atoms with E-state index in [4.69, 9.17) is 4.74 Å². The van der Waals surface area contributed by atoms with Gasteiger partial charge >= 0.3 is 5.97 Å². The quantitative estimate of drug-likeness (QED) is 0.780. The molecule has 0 aliphatic heterocycles. The second-order valence-electron chi connectivity index (χ2n) is 3.74. The summed E-state index contributed by atoms with van der Waals surface area (Å²) in [5.41, 5.74) is -0.273. The number of nitrogens with zero attached hydrogens (tertiary/aromatic N) is 1. The average molecular weight is 248 g/mol. The molecule has 0 unspecified atom stereocenters. The van der Waals surface area contributed by atoms with Crippen molar-refractivity contribution in [2.75, 3.05) is 6.61 Å². The van der Waals surface area contributed by atoms with Gasteiger partial charge in [0.15, 0.2) is 0 Å². The highest BCUT2D eigenvalue weighted by Crippen LogP contribution is 2.05. The molecule has 0 amide bonds.